The van der Waals surface area contributed by atoms with Crippen LogP contribution in [-0.4, -0.2) is 18.3 Å². The minimum absolute atomic E-state index is 0.195. The molecule has 5 heteroatoms. The van der Waals surface area contributed by atoms with Crippen molar-refractivity contribution in [2.75, 3.05) is 7.11 Å². The van der Waals surface area contributed by atoms with Gasteiger partial charge in [0.1, 0.15) is 0 Å². The highest BCUT2D eigenvalue weighted by Gasteiger charge is 2.39. The second-order valence-electron chi connectivity index (χ2n) is 6.81. The monoisotopic (exact) mass is 329 g/mol. The van der Waals surface area contributed by atoms with Crippen LogP contribution in [-0.2, 0) is 6.42 Å². The van der Waals surface area contributed by atoms with Crippen LogP contribution >= 0.6 is 0 Å². The van der Waals surface area contributed by atoms with Gasteiger partial charge in [-0.1, -0.05) is 38.1 Å². The molecule has 2 aromatic carbocycles. The Hall–Kier alpha value is -2.56. The average molecular weight is 329 g/mol. The summed E-state index contributed by atoms with van der Waals surface area (Å²) in [6.45, 7) is 4.10. The fraction of sp³-hybridized carbons (Fsp3) is 0.316. The number of nitrogens with one attached hydrogen (secondary N) is 1. The van der Waals surface area contributed by atoms with Gasteiger partial charge in [0, 0.05) is 0 Å². The molecule has 1 aliphatic carbocycles. The summed E-state index contributed by atoms with van der Waals surface area (Å²) >= 11 is 0. The molecule has 1 aliphatic rings. The summed E-state index contributed by atoms with van der Waals surface area (Å²) in [5.41, 5.74) is 3.74. The number of ether oxygens (including phenoxy) is 1. The third-order valence-electron chi connectivity index (χ3n) is 4.63. The predicted molar refractivity (Wildman–Crippen MR) is 89.8 cm³/mol. The first-order valence-electron chi connectivity index (χ1n) is 7.78. The normalized spacial score (nSPS) is 18.1. The van der Waals surface area contributed by atoms with Crippen molar-refractivity contribution in [3.8, 4) is 16.9 Å². The maximum absolute atomic E-state index is 13.6. The molecule has 0 bridgehead atoms. The van der Waals surface area contributed by atoms with Gasteiger partial charge in [-0.25, -0.2) is 9.18 Å². The molecule has 3 rings (SSSR count). The number of methoxy groups -OCH3 is 1. The van der Waals surface area contributed by atoms with E-state index in [1.54, 1.807) is 12.1 Å². The third kappa shape index (κ3) is 2.82. The van der Waals surface area contributed by atoms with Gasteiger partial charge in [-0.3, -0.25) is 0 Å². The summed E-state index contributed by atoms with van der Waals surface area (Å²) in [6, 6.07) is 10.5. The van der Waals surface area contributed by atoms with E-state index >= 15 is 0 Å². The molecule has 0 aromatic heterocycles. The van der Waals surface area contributed by atoms with E-state index in [9.17, 15) is 9.18 Å². The number of halogens is 1. The van der Waals surface area contributed by atoms with Gasteiger partial charge in [-0.2, -0.15) is 0 Å². The molecule has 4 nitrogen and oxygen atoms in total. The maximum Gasteiger partial charge on any atom is 0.405 e. The van der Waals surface area contributed by atoms with Crippen LogP contribution in [0.2, 0.25) is 0 Å². The number of rotatable bonds is 3. The lowest BCUT2D eigenvalue weighted by molar-refractivity contribution is 0.175. The van der Waals surface area contributed by atoms with Crippen molar-refractivity contribution < 1.29 is 19.0 Å². The molecule has 2 N–H and O–H groups in total. The molecule has 0 radical (unpaired) electrons. The van der Waals surface area contributed by atoms with E-state index in [1.165, 1.54) is 13.2 Å². The molecular weight excluding hydrogens is 309 g/mol. The maximum atomic E-state index is 13.6. The molecule has 1 unspecified atom stereocenters. The van der Waals surface area contributed by atoms with Gasteiger partial charge in [0.2, 0.25) is 0 Å². The zero-order valence-electron chi connectivity index (χ0n) is 13.9. The number of fused-ring (bicyclic) bond motifs is 1. The fourth-order valence-electron chi connectivity index (χ4n) is 3.47. The Morgan fingerprint density at radius 3 is 2.58 bits per heavy atom. The quantitative estimate of drug-likeness (QED) is 0.878. The van der Waals surface area contributed by atoms with Crippen molar-refractivity contribution in [2.45, 2.75) is 26.3 Å². The van der Waals surface area contributed by atoms with Gasteiger partial charge in [0.25, 0.3) is 0 Å². The minimum Gasteiger partial charge on any atom is -0.494 e. The molecule has 0 heterocycles. The van der Waals surface area contributed by atoms with E-state index in [-0.39, 0.29) is 17.2 Å². The molecule has 0 aliphatic heterocycles. The summed E-state index contributed by atoms with van der Waals surface area (Å²) in [5, 5.41) is 11.7. The van der Waals surface area contributed by atoms with Crippen LogP contribution in [0.4, 0.5) is 9.18 Å². The number of hydrogen-bond donors (Lipinski definition) is 2. The Morgan fingerprint density at radius 2 is 1.92 bits per heavy atom. The number of carboxylic acid groups (broad SMARTS) is 1. The van der Waals surface area contributed by atoms with Crippen molar-refractivity contribution in [2.24, 2.45) is 5.41 Å². The summed E-state index contributed by atoms with van der Waals surface area (Å²) < 4.78 is 18.6. The summed E-state index contributed by atoms with van der Waals surface area (Å²) in [6.07, 6.45) is -0.243. The molecule has 2 aromatic rings. The largest absolute Gasteiger partial charge is 0.494 e. The SMILES string of the molecule is COc1cc(-c2ccc3c(c2)CC(C)(C)C3NC(=O)O)ccc1F. The predicted octanol–water partition coefficient (Wildman–Crippen LogP) is 4.39. The van der Waals surface area contributed by atoms with E-state index in [1.807, 2.05) is 32.0 Å². The highest BCUT2D eigenvalue weighted by molar-refractivity contribution is 5.69. The first-order valence-corrected chi connectivity index (χ1v) is 7.78. The molecule has 0 saturated carbocycles. The van der Waals surface area contributed by atoms with Crippen molar-refractivity contribution >= 4 is 6.09 Å². The average Bonchev–Trinajstić information content (AvgIpc) is 2.77. The van der Waals surface area contributed by atoms with E-state index in [2.05, 4.69) is 5.32 Å². The lowest BCUT2D eigenvalue weighted by atomic mass is 9.85. The molecule has 24 heavy (non-hydrogen) atoms. The van der Waals surface area contributed by atoms with Crippen LogP contribution in [0, 0.1) is 11.2 Å². The van der Waals surface area contributed by atoms with Crippen LogP contribution in [0.15, 0.2) is 36.4 Å². The second-order valence-corrected chi connectivity index (χ2v) is 6.81. The summed E-state index contributed by atoms with van der Waals surface area (Å²) in [4.78, 5) is 11.1. The van der Waals surface area contributed by atoms with Gasteiger partial charge in [0.05, 0.1) is 13.2 Å². The number of carbonyl (C=O) groups is 1. The van der Waals surface area contributed by atoms with Crippen LogP contribution in [0.25, 0.3) is 11.1 Å². The van der Waals surface area contributed by atoms with Crippen LogP contribution in [0.5, 0.6) is 5.75 Å². The number of amides is 1. The third-order valence-corrected chi connectivity index (χ3v) is 4.63. The first kappa shape index (κ1) is 16.3. The Morgan fingerprint density at radius 1 is 1.25 bits per heavy atom. The first-order chi connectivity index (χ1) is 11.3. The minimum atomic E-state index is -1.02. The molecule has 1 atom stereocenters. The number of hydrogen-bond acceptors (Lipinski definition) is 2. The Balaban J connectivity index is 2.00. The zero-order valence-corrected chi connectivity index (χ0v) is 13.9. The van der Waals surface area contributed by atoms with Crippen molar-refractivity contribution in [3.63, 3.8) is 0 Å². The van der Waals surface area contributed by atoms with Crippen molar-refractivity contribution in [3.05, 3.63) is 53.3 Å². The van der Waals surface area contributed by atoms with E-state index in [0.717, 1.165) is 28.7 Å². The lowest BCUT2D eigenvalue weighted by Crippen LogP contribution is -2.34. The van der Waals surface area contributed by atoms with Gasteiger partial charge >= 0.3 is 6.09 Å². The standard InChI is InChI=1S/C19H20FNO3/c1-19(2)10-13-8-11(4-6-14(13)17(19)21-18(22)23)12-5-7-15(20)16(9-12)24-3/h4-9,17,21H,10H2,1-3H3,(H,22,23). The van der Waals surface area contributed by atoms with E-state index in [0.29, 0.717) is 0 Å². The van der Waals surface area contributed by atoms with Gasteiger partial charge in [-0.05, 0) is 46.2 Å². The van der Waals surface area contributed by atoms with Crippen LogP contribution in [0.3, 0.4) is 0 Å². The highest BCUT2D eigenvalue weighted by Crippen LogP contribution is 2.46. The molecule has 0 saturated heterocycles. The van der Waals surface area contributed by atoms with E-state index < -0.39 is 11.9 Å². The summed E-state index contributed by atoms with van der Waals surface area (Å²) in [7, 11) is 1.44. The fourth-order valence-corrected chi connectivity index (χ4v) is 3.47. The molecule has 1 amide bonds. The Kier molecular flexibility index (Phi) is 3.95. The highest BCUT2D eigenvalue weighted by atomic mass is 19.1. The Labute approximate surface area is 140 Å². The smallest absolute Gasteiger partial charge is 0.405 e. The van der Waals surface area contributed by atoms with Gasteiger partial charge in [0.15, 0.2) is 11.6 Å². The number of benzene rings is 2. The van der Waals surface area contributed by atoms with E-state index in [4.69, 9.17) is 9.84 Å². The van der Waals surface area contributed by atoms with Gasteiger partial charge < -0.3 is 15.2 Å². The van der Waals surface area contributed by atoms with Crippen molar-refractivity contribution in [1.82, 2.24) is 5.32 Å². The Bertz CT molecular complexity index is 801. The molecule has 0 fully saturated rings. The van der Waals surface area contributed by atoms with Gasteiger partial charge in [-0.15, -0.1) is 0 Å². The summed E-state index contributed by atoms with van der Waals surface area (Å²) in [5.74, 6) is -0.187. The molecule has 0 spiro atoms. The molecule has 126 valence electrons. The van der Waals surface area contributed by atoms with Crippen LogP contribution in [0.1, 0.15) is 31.0 Å². The van der Waals surface area contributed by atoms with Crippen molar-refractivity contribution in [1.29, 1.82) is 0 Å². The zero-order chi connectivity index (χ0) is 17.5. The lowest BCUT2D eigenvalue weighted by Gasteiger charge is -2.27. The van der Waals surface area contributed by atoms with Crippen LogP contribution < -0.4 is 10.1 Å². The molecular formula is C19H20FNO3. The second kappa shape index (κ2) is 5.82. The topological polar surface area (TPSA) is 58.6 Å².